The van der Waals surface area contributed by atoms with E-state index in [1.807, 2.05) is 35.7 Å². The molecule has 5 heteroatoms. The predicted molar refractivity (Wildman–Crippen MR) is 115 cm³/mol. The number of ether oxygens (including phenoxy) is 2. The quantitative estimate of drug-likeness (QED) is 0.594. The van der Waals surface area contributed by atoms with Gasteiger partial charge in [-0.15, -0.1) is 11.3 Å². The minimum atomic E-state index is -0.410. The number of rotatable bonds is 4. The predicted octanol–water partition coefficient (Wildman–Crippen LogP) is 5.23. The molecule has 2 aliphatic rings. The Bertz CT molecular complexity index is 984. The van der Waals surface area contributed by atoms with Crippen molar-refractivity contribution in [2.24, 2.45) is 0 Å². The van der Waals surface area contributed by atoms with Gasteiger partial charge in [0, 0.05) is 40.9 Å². The average Bonchev–Trinajstić information content (AvgIpc) is 3.40. The largest absolute Gasteiger partial charge is 0.348 e. The van der Waals surface area contributed by atoms with Crippen molar-refractivity contribution in [3.05, 3.63) is 71.1 Å². The van der Waals surface area contributed by atoms with Crippen molar-refractivity contribution < 1.29 is 14.3 Å². The Labute approximate surface area is 175 Å². The first kappa shape index (κ1) is 18.8. The Morgan fingerprint density at radius 1 is 1.00 bits per heavy atom. The van der Waals surface area contributed by atoms with Crippen LogP contribution in [0.2, 0.25) is 0 Å². The molecule has 1 amide bonds. The molecular formula is C24H25NO3S. The van der Waals surface area contributed by atoms with Crippen LogP contribution in [0.3, 0.4) is 0 Å². The van der Waals surface area contributed by atoms with Crippen molar-refractivity contribution in [1.82, 2.24) is 4.90 Å². The summed E-state index contributed by atoms with van der Waals surface area (Å²) >= 11 is 1.64. The number of carbonyl (C=O) groups is 1. The van der Waals surface area contributed by atoms with Crippen molar-refractivity contribution in [1.29, 1.82) is 0 Å². The highest BCUT2D eigenvalue weighted by Crippen LogP contribution is 2.38. The molecule has 1 spiro atoms. The molecule has 0 unspecified atom stereocenters. The van der Waals surface area contributed by atoms with Crippen LogP contribution in [0.1, 0.15) is 41.6 Å². The molecule has 3 aromatic rings. The summed E-state index contributed by atoms with van der Waals surface area (Å²) in [5, 5.41) is 3.06. The van der Waals surface area contributed by atoms with Crippen molar-refractivity contribution in [2.45, 2.75) is 44.1 Å². The second kappa shape index (κ2) is 7.90. The lowest BCUT2D eigenvalue weighted by molar-refractivity contribution is -0.183. The Hall–Kier alpha value is -2.21. The third kappa shape index (κ3) is 3.70. The molecule has 0 atom stereocenters. The van der Waals surface area contributed by atoms with Gasteiger partial charge in [-0.1, -0.05) is 48.5 Å². The lowest BCUT2D eigenvalue weighted by Gasteiger charge is -2.40. The van der Waals surface area contributed by atoms with Gasteiger partial charge in [0.05, 0.1) is 18.8 Å². The number of thiophene rings is 1. The van der Waals surface area contributed by atoms with E-state index in [1.54, 1.807) is 11.3 Å². The van der Waals surface area contributed by atoms with Gasteiger partial charge in [0.2, 0.25) is 0 Å². The van der Waals surface area contributed by atoms with E-state index >= 15 is 0 Å². The molecule has 1 aliphatic carbocycles. The summed E-state index contributed by atoms with van der Waals surface area (Å²) < 4.78 is 12.9. The minimum absolute atomic E-state index is 0.125. The van der Waals surface area contributed by atoms with E-state index in [2.05, 4.69) is 29.2 Å². The second-order valence-corrected chi connectivity index (χ2v) is 8.81. The van der Waals surface area contributed by atoms with Crippen molar-refractivity contribution in [2.75, 3.05) is 13.2 Å². The van der Waals surface area contributed by atoms with Crippen LogP contribution in [0.25, 0.3) is 10.1 Å². The lowest BCUT2D eigenvalue weighted by atomic mass is 9.88. The first-order valence-electron chi connectivity index (χ1n) is 10.3. The van der Waals surface area contributed by atoms with Gasteiger partial charge >= 0.3 is 0 Å². The van der Waals surface area contributed by atoms with E-state index in [9.17, 15) is 4.79 Å². The summed E-state index contributed by atoms with van der Waals surface area (Å²) in [4.78, 5) is 15.8. The van der Waals surface area contributed by atoms with Crippen LogP contribution in [0.4, 0.5) is 0 Å². The Kier molecular flexibility index (Phi) is 5.12. The standard InChI is InChI=1S/C24H25NO3S/c26-23(21-17-29-22-9-5-4-8-20(21)22)25(16-18-6-2-1-3-7-18)19-10-12-24(13-11-19)27-14-15-28-24/h1-9,17,19H,10-16H2. The molecule has 0 bridgehead atoms. The van der Waals surface area contributed by atoms with E-state index in [0.29, 0.717) is 19.8 Å². The summed E-state index contributed by atoms with van der Waals surface area (Å²) in [6.07, 6.45) is 3.50. The van der Waals surface area contributed by atoms with Crippen LogP contribution in [-0.4, -0.2) is 35.8 Å². The number of carbonyl (C=O) groups excluding carboxylic acids is 1. The van der Waals surface area contributed by atoms with Crippen LogP contribution in [0.15, 0.2) is 60.0 Å². The van der Waals surface area contributed by atoms with E-state index < -0.39 is 5.79 Å². The second-order valence-electron chi connectivity index (χ2n) is 7.90. The fourth-order valence-corrected chi connectivity index (χ4v) is 5.52. The van der Waals surface area contributed by atoms with Crippen LogP contribution < -0.4 is 0 Å². The molecule has 1 saturated carbocycles. The third-order valence-electron chi connectivity index (χ3n) is 6.14. The average molecular weight is 408 g/mol. The molecule has 29 heavy (non-hydrogen) atoms. The highest BCUT2D eigenvalue weighted by molar-refractivity contribution is 7.17. The third-order valence-corrected chi connectivity index (χ3v) is 7.10. The fourth-order valence-electron chi connectivity index (χ4n) is 4.58. The zero-order valence-electron chi connectivity index (χ0n) is 16.4. The van der Waals surface area contributed by atoms with E-state index in [4.69, 9.17) is 9.47 Å². The summed E-state index contributed by atoms with van der Waals surface area (Å²) in [5.41, 5.74) is 1.98. The van der Waals surface area contributed by atoms with Crippen LogP contribution in [-0.2, 0) is 16.0 Å². The van der Waals surface area contributed by atoms with E-state index in [1.165, 1.54) is 0 Å². The maximum absolute atomic E-state index is 13.7. The summed E-state index contributed by atoms with van der Waals surface area (Å²) in [6, 6.07) is 18.6. The van der Waals surface area contributed by atoms with E-state index in [0.717, 1.165) is 46.9 Å². The molecular weight excluding hydrogens is 382 g/mol. The molecule has 2 aromatic carbocycles. The Morgan fingerprint density at radius 3 is 2.45 bits per heavy atom. The maximum atomic E-state index is 13.7. The van der Waals surface area contributed by atoms with Crippen LogP contribution in [0.5, 0.6) is 0 Å². The van der Waals surface area contributed by atoms with Gasteiger partial charge in [-0.3, -0.25) is 4.79 Å². The Morgan fingerprint density at radius 2 is 1.69 bits per heavy atom. The summed E-state index contributed by atoms with van der Waals surface area (Å²) in [6.45, 7) is 1.99. The fraction of sp³-hybridized carbons (Fsp3) is 0.375. The number of hydrogen-bond donors (Lipinski definition) is 0. The Balaban J connectivity index is 1.43. The summed E-state index contributed by atoms with van der Waals surface area (Å²) in [7, 11) is 0. The van der Waals surface area contributed by atoms with Crippen molar-refractivity contribution in [3.63, 3.8) is 0 Å². The molecule has 0 radical (unpaired) electrons. The van der Waals surface area contributed by atoms with Crippen LogP contribution >= 0.6 is 11.3 Å². The summed E-state index contributed by atoms with van der Waals surface area (Å²) in [5.74, 6) is -0.284. The monoisotopic (exact) mass is 407 g/mol. The van der Waals surface area contributed by atoms with Crippen molar-refractivity contribution in [3.8, 4) is 0 Å². The SMILES string of the molecule is O=C(c1csc2ccccc12)N(Cc1ccccc1)C1CCC2(CC1)OCCO2. The van der Waals surface area contributed by atoms with Crippen LogP contribution in [0, 0.1) is 0 Å². The van der Waals surface area contributed by atoms with Crippen molar-refractivity contribution >= 4 is 27.3 Å². The minimum Gasteiger partial charge on any atom is -0.348 e. The number of nitrogens with zero attached hydrogens (tertiary/aromatic N) is 1. The van der Waals surface area contributed by atoms with Gasteiger partial charge in [-0.05, 0) is 24.5 Å². The smallest absolute Gasteiger partial charge is 0.255 e. The molecule has 5 rings (SSSR count). The molecule has 1 saturated heterocycles. The lowest BCUT2D eigenvalue weighted by Crippen LogP contribution is -2.46. The van der Waals surface area contributed by atoms with Gasteiger partial charge in [0.1, 0.15) is 0 Å². The molecule has 2 fully saturated rings. The highest BCUT2D eigenvalue weighted by atomic mass is 32.1. The first-order valence-corrected chi connectivity index (χ1v) is 11.2. The van der Waals surface area contributed by atoms with Gasteiger partial charge in [-0.25, -0.2) is 0 Å². The molecule has 4 nitrogen and oxygen atoms in total. The molecule has 2 heterocycles. The first-order chi connectivity index (χ1) is 14.2. The molecule has 1 aromatic heterocycles. The number of hydrogen-bond acceptors (Lipinski definition) is 4. The zero-order chi connectivity index (χ0) is 19.7. The molecule has 150 valence electrons. The number of benzene rings is 2. The highest BCUT2D eigenvalue weighted by Gasteiger charge is 2.42. The van der Waals surface area contributed by atoms with Gasteiger partial charge < -0.3 is 14.4 Å². The van der Waals surface area contributed by atoms with Gasteiger partial charge in [0.15, 0.2) is 5.79 Å². The topological polar surface area (TPSA) is 38.8 Å². The van der Waals surface area contributed by atoms with Gasteiger partial charge in [-0.2, -0.15) is 0 Å². The molecule has 0 N–H and O–H groups in total. The number of fused-ring (bicyclic) bond motifs is 1. The zero-order valence-corrected chi connectivity index (χ0v) is 17.2. The number of amides is 1. The normalized spacial score (nSPS) is 19.0. The van der Waals surface area contributed by atoms with E-state index in [-0.39, 0.29) is 11.9 Å². The molecule has 1 aliphatic heterocycles. The van der Waals surface area contributed by atoms with Gasteiger partial charge in [0.25, 0.3) is 5.91 Å². The maximum Gasteiger partial charge on any atom is 0.255 e.